The number of aliphatic hydroxyl groups is 1. The number of phenolic OH excluding ortho intramolecular Hbond substituents is 1. The molecule has 0 heterocycles. The molecule has 3 heteroatoms. The maximum absolute atomic E-state index is 12.4. The molecule has 0 bridgehead atoms. The number of aromatic hydroxyl groups is 1. The van der Waals surface area contributed by atoms with Gasteiger partial charge in [-0.15, -0.1) is 0 Å². The van der Waals surface area contributed by atoms with Gasteiger partial charge < -0.3 is 10.2 Å². The molecule has 2 aromatic carbocycles. The molecule has 3 nitrogen and oxygen atoms in total. The highest BCUT2D eigenvalue weighted by Gasteiger charge is 2.27. The zero-order valence-electron chi connectivity index (χ0n) is 13.9. The van der Waals surface area contributed by atoms with Crippen molar-refractivity contribution >= 4 is 22.6 Å². The van der Waals surface area contributed by atoms with Crippen LogP contribution in [0.1, 0.15) is 57.9 Å². The second-order valence-corrected chi connectivity index (χ2v) is 6.27. The van der Waals surface area contributed by atoms with Crippen LogP contribution in [-0.4, -0.2) is 16.0 Å². The van der Waals surface area contributed by atoms with Crippen LogP contribution in [-0.2, 0) is 13.0 Å². The van der Waals surface area contributed by atoms with E-state index >= 15 is 0 Å². The highest BCUT2D eigenvalue weighted by molar-refractivity contribution is 6.09. The van der Waals surface area contributed by atoms with Crippen molar-refractivity contribution in [1.82, 2.24) is 0 Å². The van der Waals surface area contributed by atoms with E-state index in [1.54, 1.807) is 0 Å². The van der Waals surface area contributed by atoms with Crippen LogP contribution in [0, 0.1) is 13.8 Å². The maximum Gasteiger partial charge on any atom is 0.166 e. The molecule has 0 aromatic heterocycles. The SMILES string of the molecule is C/C=C/c1c(C)cc2c(CO)c3c(c(O)c2c1C)C(=O)CCC3. The number of hydrogen-bond donors (Lipinski definition) is 2. The van der Waals surface area contributed by atoms with E-state index < -0.39 is 0 Å². The predicted octanol–water partition coefficient (Wildman–Crippen LogP) is 4.21. The summed E-state index contributed by atoms with van der Waals surface area (Å²) >= 11 is 0. The standard InChI is InChI=1S/C20H22O3/c1-4-6-13-11(2)9-15-16(10-21)14-7-5-8-17(22)19(14)20(23)18(15)12(13)3/h4,6,9,21,23H,5,7-8,10H2,1-3H3/b6-4+. The monoisotopic (exact) mass is 310 g/mol. The van der Waals surface area contributed by atoms with Crippen LogP contribution >= 0.6 is 0 Å². The van der Waals surface area contributed by atoms with E-state index in [0.29, 0.717) is 17.4 Å². The topological polar surface area (TPSA) is 57.5 Å². The van der Waals surface area contributed by atoms with Crippen molar-refractivity contribution < 1.29 is 15.0 Å². The molecule has 0 fully saturated rings. The van der Waals surface area contributed by atoms with Crippen molar-refractivity contribution in [2.75, 3.05) is 0 Å². The Bertz CT molecular complexity index is 844. The first-order valence-electron chi connectivity index (χ1n) is 8.08. The van der Waals surface area contributed by atoms with Crippen LogP contribution < -0.4 is 0 Å². The number of phenols is 1. The van der Waals surface area contributed by atoms with Gasteiger partial charge in [-0.1, -0.05) is 18.2 Å². The van der Waals surface area contributed by atoms with Crippen molar-refractivity contribution in [2.45, 2.75) is 46.6 Å². The smallest absolute Gasteiger partial charge is 0.166 e. The number of fused-ring (bicyclic) bond motifs is 2. The molecule has 120 valence electrons. The van der Waals surface area contributed by atoms with Crippen molar-refractivity contribution in [3.8, 4) is 5.75 Å². The van der Waals surface area contributed by atoms with E-state index in [4.69, 9.17) is 0 Å². The quantitative estimate of drug-likeness (QED) is 0.873. The second kappa shape index (κ2) is 5.82. The minimum Gasteiger partial charge on any atom is -0.507 e. The van der Waals surface area contributed by atoms with E-state index in [9.17, 15) is 15.0 Å². The zero-order valence-corrected chi connectivity index (χ0v) is 13.9. The first-order chi connectivity index (χ1) is 11.0. The number of carbonyl (C=O) groups excluding carboxylic acids is 1. The average molecular weight is 310 g/mol. The summed E-state index contributed by atoms with van der Waals surface area (Å²) in [5.74, 6) is 0.0630. The van der Waals surface area contributed by atoms with Gasteiger partial charge in [0.2, 0.25) is 0 Å². The van der Waals surface area contributed by atoms with Gasteiger partial charge in [0.1, 0.15) is 5.75 Å². The summed E-state index contributed by atoms with van der Waals surface area (Å²) in [6.07, 6.45) is 5.95. The number of hydrogen-bond acceptors (Lipinski definition) is 3. The number of carbonyl (C=O) groups is 1. The molecule has 0 unspecified atom stereocenters. The Morgan fingerprint density at radius 1 is 1.26 bits per heavy atom. The Kier molecular flexibility index (Phi) is 3.99. The molecule has 0 saturated heterocycles. The minimum absolute atomic E-state index is 0.0205. The molecule has 1 aliphatic carbocycles. The van der Waals surface area contributed by atoms with Gasteiger partial charge in [-0.25, -0.2) is 0 Å². The van der Waals surface area contributed by atoms with Crippen LogP contribution in [0.2, 0.25) is 0 Å². The fraction of sp³-hybridized carbons (Fsp3) is 0.350. The Hall–Kier alpha value is -2.13. The second-order valence-electron chi connectivity index (χ2n) is 6.27. The molecule has 0 spiro atoms. The van der Waals surface area contributed by atoms with E-state index in [1.165, 1.54) is 0 Å². The van der Waals surface area contributed by atoms with Crippen molar-refractivity contribution in [3.63, 3.8) is 0 Å². The van der Waals surface area contributed by atoms with Gasteiger partial charge in [0.05, 0.1) is 12.2 Å². The van der Waals surface area contributed by atoms with Gasteiger partial charge in [-0.05, 0) is 66.8 Å². The van der Waals surface area contributed by atoms with Crippen LogP contribution in [0.4, 0.5) is 0 Å². The van der Waals surface area contributed by atoms with Crippen molar-refractivity contribution in [1.29, 1.82) is 0 Å². The number of rotatable bonds is 2. The lowest BCUT2D eigenvalue weighted by Gasteiger charge is -2.23. The first-order valence-corrected chi connectivity index (χ1v) is 8.08. The summed E-state index contributed by atoms with van der Waals surface area (Å²) in [5, 5.41) is 22.3. The largest absolute Gasteiger partial charge is 0.507 e. The molecule has 0 radical (unpaired) electrons. The molecule has 1 aliphatic rings. The minimum atomic E-state index is -0.117. The third-order valence-electron chi connectivity index (χ3n) is 4.90. The number of Topliss-reactive ketones (excluding diaryl/α,β-unsaturated/α-hetero) is 1. The molecule has 0 saturated carbocycles. The van der Waals surface area contributed by atoms with Gasteiger partial charge in [-0.3, -0.25) is 4.79 Å². The molecule has 2 N–H and O–H groups in total. The van der Waals surface area contributed by atoms with E-state index in [2.05, 4.69) is 0 Å². The third-order valence-corrected chi connectivity index (χ3v) is 4.90. The number of ketones is 1. The highest BCUT2D eigenvalue weighted by atomic mass is 16.3. The Balaban J connectivity index is 2.53. The molecule has 23 heavy (non-hydrogen) atoms. The normalized spacial score (nSPS) is 14.7. The fourth-order valence-electron chi connectivity index (χ4n) is 3.85. The number of aliphatic hydroxyl groups excluding tert-OH is 1. The highest BCUT2D eigenvalue weighted by Crippen LogP contribution is 2.42. The summed E-state index contributed by atoms with van der Waals surface area (Å²) < 4.78 is 0. The molecular weight excluding hydrogens is 288 g/mol. The Morgan fingerprint density at radius 2 is 2.00 bits per heavy atom. The average Bonchev–Trinajstić information content (AvgIpc) is 2.51. The Morgan fingerprint density at radius 3 is 2.65 bits per heavy atom. The van der Waals surface area contributed by atoms with Crippen molar-refractivity contribution in [2.24, 2.45) is 0 Å². The third kappa shape index (κ3) is 2.27. The lowest BCUT2D eigenvalue weighted by Crippen LogP contribution is -2.14. The Labute approximate surface area is 136 Å². The van der Waals surface area contributed by atoms with Gasteiger partial charge in [-0.2, -0.15) is 0 Å². The summed E-state index contributed by atoms with van der Waals surface area (Å²) in [6.45, 7) is 5.84. The van der Waals surface area contributed by atoms with Gasteiger partial charge in [0, 0.05) is 11.8 Å². The zero-order chi connectivity index (χ0) is 16.7. The van der Waals surface area contributed by atoms with Crippen LogP contribution in [0.3, 0.4) is 0 Å². The summed E-state index contributed by atoms with van der Waals surface area (Å²) in [5.41, 5.74) is 5.15. The lowest BCUT2D eigenvalue weighted by molar-refractivity contribution is 0.0969. The summed E-state index contributed by atoms with van der Waals surface area (Å²) in [6, 6.07) is 2.02. The number of allylic oxidation sites excluding steroid dienone is 1. The van der Waals surface area contributed by atoms with E-state index in [1.807, 2.05) is 39.0 Å². The molecule has 3 rings (SSSR count). The van der Waals surface area contributed by atoms with Gasteiger partial charge >= 0.3 is 0 Å². The van der Waals surface area contributed by atoms with Gasteiger partial charge in [0.25, 0.3) is 0 Å². The number of aryl methyl sites for hydroxylation is 2. The van der Waals surface area contributed by atoms with Crippen molar-refractivity contribution in [3.05, 3.63) is 45.5 Å². The fourth-order valence-corrected chi connectivity index (χ4v) is 3.85. The predicted molar refractivity (Wildman–Crippen MR) is 93.0 cm³/mol. The summed E-state index contributed by atoms with van der Waals surface area (Å²) in [7, 11) is 0. The molecule has 2 aromatic rings. The molecular formula is C20H22O3. The lowest BCUT2D eigenvalue weighted by atomic mass is 9.81. The van der Waals surface area contributed by atoms with Crippen LogP contribution in [0.5, 0.6) is 5.75 Å². The number of benzene rings is 2. The molecule has 0 aliphatic heterocycles. The van der Waals surface area contributed by atoms with E-state index in [0.717, 1.165) is 46.0 Å². The van der Waals surface area contributed by atoms with Gasteiger partial charge in [0.15, 0.2) is 5.78 Å². The van der Waals surface area contributed by atoms with Crippen LogP contribution in [0.15, 0.2) is 12.1 Å². The van der Waals surface area contributed by atoms with Crippen LogP contribution in [0.25, 0.3) is 16.8 Å². The van der Waals surface area contributed by atoms with E-state index in [-0.39, 0.29) is 18.1 Å². The first kappa shape index (κ1) is 15.8. The molecule has 0 amide bonds. The summed E-state index contributed by atoms with van der Waals surface area (Å²) in [4.78, 5) is 12.4. The maximum atomic E-state index is 12.4. The molecule has 0 atom stereocenters.